The molecule has 0 aliphatic carbocycles. The second-order valence-electron chi connectivity index (χ2n) is 7.11. The second kappa shape index (κ2) is 7.91. The maximum Gasteiger partial charge on any atom is 0.307 e. The van der Waals surface area contributed by atoms with Crippen molar-refractivity contribution in [3.05, 3.63) is 71.0 Å². The molecule has 0 aliphatic rings. The van der Waals surface area contributed by atoms with Crippen LogP contribution in [0.15, 0.2) is 48.5 Å². The number of H-pyrrole nitrogens is 1. The van der Waals surface area contributed by atoms with Gasteiger partial charge in [0.1, 0.15) is 5.82 Å². The minimum absolute atomic E-state index is 0.0251. The lowest BCUT2D eigenvalue weighted by Gasteiger charge is -2.08. The number of nitrogens with one attached hydrogen (secondary N) is 1. The van der Waals surface area contributed by atoms with E-state index in [9.17, 15) is 9.90 Å². The molecule has 4 aromatic rings. The highest BCUT2D eigenvalue weighted by molar-refractivity contribution is 5.79. The van der Waals surface area contributed by atoms with Gasteiger partial charge in [-0.15, -0.1) is 0 Å². The fraction of sp³-hybridized carbons (Fsp3) is 0.261. The van der Waals surface area contributed by atoms with E-state index in [-0.39, 0.29) is 6.42 Å². The zero-order valence-electron chi connectivity index (χ0n) is 16.6. The maximum atomic E-state index is 11.3. The van der Waals surface area contributed by atoms with Crippen LogP contribution in [-0.2, 0) is 30.6 Å². The Morgan fingerprint density at radius 2 is 1.83 bits per heavy atom. The fourth-order valence-electron chi connectivity index (χ4n) is 3.79. The van der Waals surface area contributed by atoms with Crippen molar-refractivity contribution in [1.29, 1.82) is 0 Å². The number of hydrogen-bond donors (Lipinski definition) is 2. The van der Waals surface area contributed by atoms with E-state index in [1.54, 1.807) is 0 Å². The second-order valence-corrected chi connectivity index (χ2v) is 7.11. The Hall–Kier alpha value is -3.41. The van der Waals surface area contributed by atoms with Gasteiger partial charge in [0, 0.05) is 16.8 Å². The summed E-state index contributed by atoms with van der Waals surface area (Å²) in [5.74, 6) is 0.0345. The number of rotatable bonds is 7. The number of imidazole rings is 1. The summed E-state index contributed by atoms with van der Waals surface area (Å²) in [5.41, 5.74) is 6.87. The zero-order valence-corrected chi connectivity index (χ0v) is 16.6. The molecule has 0 fully saturated rings. The standard InChI is InChI=1S/C23H24N4O2/c1-3-18-17(13-22(28)29)21(4-2)27(26-18)14-15-9-11-16(12-10-15)23-24-19-7-5-6-8-20(19)25-23/h5-12H,3-4,13-14H2,1-2H3,(H,24,25)(H,28,29). The molecule has 0 spiro atoms. The average molecular weight is 388 g/mol. The predicted octanol–water partition coefficient (Wildman–Crippen LogP) is 4.23. The number of aliphatic carboxylic acids is 1. The molecule has 0 saturated carbocycles. The molecule has 2 heterocycles. The van der Waals surface area contributed by atoms with Gasteiger partial charge in [0.05, 0.1) is 29.7 Å². The molecular weight excluding hydrogens is 364 g/mol. The van der Waals surface area contributed by atoms with E-state index >= 15 is 0 Å². The number of aromatic nitrogens is 4. The summed E-state index contributed by atoms with van der Waals surface area (Å²) in [6, 6.07) is 16.2. The van der Waals surface area contributed by atoms with Crippen LogP contribution >= 0.6 is 0 Å². The Morgan fingerprint density at radius 3 is 2.48 bits per heavy atom. The monoisotopic (exact) mass is 388 g/mol. The van der Waals surface area contributed by atoms with Gasteiger partial charge in [0.25, 0.3) is 0 Å². The van der Waals surface area contributed by atoms with Crippen molar-refractivity contribution in [2.24, 2.45) is 0 Å². The molecule has 0 amide bonds. The first-order valence-electron chi connectivity index (χ1n) is 9.92. The summed E-state index contributed by atoms with van der Waals surface area (Å²) in [6.45, 7) is 4.68. The molecule has 0 aliphatic heterocycles. The molecule has 6 heteroatoms. The smallest absolute Gasteiger partial charge is 0.307 e. The molecular formula is C23H24N4O2. The van der Waals surface area contributed by atoms with Gasteiger partial charge in [-0.05, 0) is 30.5 Å². The highest BCUT2D eigenvalue weighted by atomic mass is 16.4. The number of hydrogen-bond acceptors (Lipinski definition) is 3. The van der Waals surface area contributed by atoms with E-state index in [0.29, 0.717) is 6.54 Å². The zero-order chi connectivity index (χ0) is 20.4. The van der Waals surface area contributed by atoms with Crippen LogP contribution in [0.1, 0.15) is 36.4 Å². The third-order valence-corrected chi connectivity index (χ3v) is 5.20. The van der Waals surface area contributed by atoms with E-state index in [4.69, 9.17) is 5.10 Å². The Bertz CT molecular complexity index is 1120. The number of nitrogens with zero attached hydrogens (tertiary/aromatic N) is 3. The summed E-state index contributed by atoms with van der Waals surface area (Å²) in [6.07, 6.45) is 1.51. The van der Waals surface area contributed by atoms with E-state index in [2.05, 4.69) is 34.2 Å². The largest absolute Gasteiger partial charge is 0.481 e. The number of aromatic amines is 1. The van der Waals surface area contributed by atoms with Crippen LogP contribution in [0, 0.1) is 0 Å². The Balaban J connectivity index is 1.60. The van der Waals surface area contributed by atoms with E-state index in [1.165, 1.54) is 0 Å². The molecule has 4 rings (SSSR count). The molecule has 6 nitrogen and oxygen atoms in total. The van der Waals surface area contributed by atoms with Gasteiger partial charge in [-0.1, -0.05) is 50.2 Å². The molecule has 2 N–H and O–H groups in total. The van der Waals surface area contributed by atoms with Crippen LogP contribution < -0.4 is 0 Å². The summed E-state index contributed by atoms with van der Waals surface area (Å²) in [7, 11) is 0. The van der Waals surface area contributed by atoms with Crippen LogP contribution in [0.5, 0.6) is 0 Å². The number of para-hydroxylation sites is 2. The van der Waals surface area contributed by atoms with Gasteiger partial charge >= 0.3 is 5.97 Å². The number of carboxylic acid groups (broad SMARTS) is 1. The van der Waals surface area contributed by atoms with Crippen molar-refractivity contribution >= 4 is 17.0 Å². The lowest BCUT2D eigenvalue weighted by molar-refractivity contribution is -0.136. The highest BCUT2D eigenvalue weighted by Gasteiger charge is 2.18. The van der Waals surface area contributed by atoms with Gasteiger partial charge in [-0.25, -0.2) is 4.98 Å². The lowest BCUT2D eigenvalue weighted by Crippen LogP contribution is -2.08. The van der Waals surface area contributed by atoms with Crippen LogP contribution in [0.2, 0.25) is 0 Å². The SMILES string of the molecule is CCc1nn(Cc2ccc(-c3nc4ccccc4[nH]3)cc2)c(CC)c1CC(=O)O. The number of benzene rings is 2. The predicted molar refractivity (Wildman–Crippen MR) is 113 cm³/mol. The van der Waals surface area contributed by atoms with Crippen molar-refractivity contribution in [1.82, 2.24) is 19.7 Å². The molecule has 0 bridgehead atoms. The van der Waals surface area contributed by atoms with Crippen molar-refractivity contribution < 1.29 is 9.90 Å². The van der Waals surface area contributed by atoms with E-state index in [1.807, 2.05) is 42.8 Å². The normalized spacial score (nSPS) is 11.2. The Labute approximate surface area is 169 Å². The summed E-state index contributed by atoms with van der Waals surface area (Å²) in [4.78, 5) is 19.3. The highest BCUT2D eigenvalue weighted by Crippen LogP contribution is 2.22. The average Bonchev–Trinajstić information content (AvgIpc) is 3.29. The quantitative estimate of drug-likeness (QED) is 0.496. The molecule has 0 saturated heterocycles. The fourth-order valence-corrected chi connectivity index (χ4v) is 3.79. The lowest BCUT2D eigenvalue weighted by atomic mass is 10.1. The molecule has 2 aromatic heterocycles. The number of fused-ring (bicyclic) bond motifs is 1. The third-order valence-electron chi connectivity index (χ3n) is 5.20. The van der Waals surface area contributed by atoms with Gasteiger partial charge in [-0.2, -0.15) is 5.10 Å². The third kappa shape index (κ3) is 3.78. The van der Waals surface area contributed by atoms with Crippen molar-refractivity contribution in [2.45, 2.75) is 39.7 Å². The molecule has 2 aromatic carbocycles. The number of aryl methyl sites for hydroxylation is 1. The summed E-state index contributed by atoms with van der Waals surface area (Å²) in [5, 5.41) is 13.9. The van der Waals surface area contributed by atoms with E-state index in [0.717, 1.165) is 57.8 Å². The minimum atomic E-state index is -0.816. The van der Waals surface area contributed by atoms with Crippen molar-refractivity contribution in [3.8, 4) is 11.4 Å². The molecule has 0 unspecified atom stereocenters. The maximum absolute atomic E-state index is 11.3. The van der Waals surface area contributed by atoms with Gasteiger partial charge in [0.2, 0.25) is 0 Å². The topological polar surface area (TPSA) is 83.8 Å². The van der Waals surface area contributed by atoms with Crippen LogP contribution in [0.3, 0.4) is 0 Å². The Kier molecular flexibility index (Phi) is 5.16. The van der Waals surface area contributed by atoms with Gasteiger partial charge < -0.3 is 10.1 Å². The van der Waals surface area contributed by atoms with Crippen molar-refractivity contribution in [3.63, 3.8) is 0 Å². The van der Waals surface area contributed by atoms with Gasteiger partial charge in [0.15, 0.2) is 0 Å². The van der Waals surface area contributed by atoms with Gasteiger partial charge in [-0.3, -0.25) is 9.48 Å². The van der Waals surface area contributed by atoms with Crippen LogP contribution in [0.25, 0.3) is 22.4 Å². The molecule has 29 heavy (non-hydrogen) atoms. The van der Waals surface area contributed by atoms with Crippen molar-refractivity contribution in [2.75, 3.05) is 0 Å². The van der Waals surface area contributed by atoms with Crippen LogP contribution in [0.4, 0.5) is 0 Å². The first kappa shape index (κ1) is 18.9. The molecule has 0 radical (unpaired) electrons. The van der Waals surface area contributed by atoms with Crippen LogP contribution in [-0.4, -0.2) is 30.8 Å². The summed E-state index contributed by atoms with van der Waals surface area (Å²) < 4.78 is 1.95. The number of carbonyl (C=O) groups is 1. The minimum Gasteiger partial charge on any atom is -0.481 e. The first-order chi connectivity index (χ1) is 14.1. The first-order valence-corrected chi connectivity index (χ1v) is 9.92. The van der Waals surface area contributed by atoms with E-state index < -0.39 is 5.97 Å². The molecule has 148 valence electrons. The number of carboxylic acids is 1. The Morgan fingerprint density at radius 1 is 1.07 bits per heavy atom. The summed E-state index contributed by atoms with van der Waals surface area (Å²) >= 11 is 0. The molecule has 0 atom stereocenters.